The summed E-state index contributed by atoms with van der Waals surface area (Å²) in [6.07, 6.45) is 2.83. The van der Waals surface area contributed by atoms with E-state index in [9.17, 15) is 9.90 Å². The minimum atomic E-state index is -0.561. The van der Waals surface area contributed by atoms with Crippen LogP contribution in [0, 0.1) is 0 Å². The fourth-order valence-corrected chi connectivity index (χ4v) is 3.49. The van der Waals surface area contributed by atoms with Crippen LogP contribution in [0.3, 0.4) is 0 Å². The van der Waals surface area contributed by atoms with E-state index >= 15 is 0 Å². The molecule has 0 spiro atoms. The van der Waals surface area contributed by atoms with Crippen LogP contribution in [0.4, 0.5) is 0 Å². The van der Waals surface area contributed by atoms with Gasteiger partial charge in [-0.15, -0.1) is 0 Å². The van der Waals surface area contributed by atoms with Gasteiger partial charge in [0, 0.05) is 26.3 Å². The number of carbonyl (C=O) groups is 1. The third-order valence-electron chi connectivity index (χ3n) is 5.06. The second-order valence-electron chi connectivity index (χ2n) is 6.96. The molecule has 142 valence electrons. The molecule has 4 heterocycles. The molecule has 0 fully saturated rings. The van der Waals surface area contributed by atoms with Crippen LogP contribution in [0.5, 0.6) is 0 Å². The number of carbonyl (C=O) groups excluding carboxylic acids is 1. The van der Waals surface area contributed by atoms with Crippen LogP contribution in [0.25, 0.3) is 11.4 Å². The highest BCUT2D eigenvalue weighted by atomic mass is 16.3. The van der Waals surface area contributed by atoms with E-state index in [1.165, 1.54) is 0 Å². The summed E-state index contributed by atoms with van der Waals surface area (Å²) in [5.74, 6) is -0.0739. The van der Waals surface area contributed by atoms with Crippen molar-refractivity contribution in [3.63, 3.8) is 0 Å². The summed E-state index contributed by atoms with van der Waals surface area (Å²) in [4.78, 5) is 14.8. The fraction of sp³-hybridized carbons (Fsp3) is 0.421. The van der Waals surface area contributed by atoms with Gasteiger partial charge in [-0.2, -0.15) is 10.2 Å². The van der Waals surface area contributed by atoms with Gasteiger partial charge in [0.15, 0.2) is 0 Å². The number of rotatable bonds is 4. The summed E-state index contributed by atoms with van der Waals surface area (Å²) in [6, 6.07) is 7.62. The molecule has 0 bridgehead atoms. The van der Waals surface area contributed by atoms with Gasteiger partial charge in [0.05, 0.1) is 29.7 Å². The van der Waals surface area contributed by atoms with E-state index in [-0.39, 0.29) is 5.91 Å². The normalized spacial score (nSPS) is 15.4. The van der Waals surface area contributed by atoms with Crippen LogP contribution in [0.1, 0.15) is 47.7 Å². The van der Waals surface area contributed by atoms with E-state index in [4.69, 9.17) is 0 Å². The highest BCUT2D eigenvalue weighted by Gasteiger charge is 2.24. The number of H-pyrrole nitrogens is 1. The second kappa shape index (κ2) is 7.03. The molecule has 1 aliphatic heterocycles. The minimum Gasteiger partial charge on any atom is -0.387 e. The third-order valence-corrected chi connectivity index (χ3v) is 5.06. The Morgan fingerprint density at radius 3 is 2.96 bits per heavy atom. The highest BCUT2D eigenvalue weighted by Crippen LogP contribution is 2.22. The molecule has 1 unspecified atom stereocenters. The molecule has 3 aromatic rings. The van der Waals surface area contributed by atoms with Crippen molar-refractivity contribution in [1.82, 2.24) is 29.4 Å². The van der Waals surface area contributed by atoms with E-state index in [1.54, 1.807) is 6.07 Å². The zero-order chi connectivity index (χ0) is 19.0. The highest BCUT2D eigenvalue weighted by molar-refractivity contribution is 5.93. The first-order valence-electron chi connectivity index (χ1n) is 9.28. The molecule has 8 heteroatoms. The summed E-state index contributed by atoms with van der Waals surface area (Å²) in [6.45, 7) is 3.80. The van der Waals surface area contributed by atoms with Gasteiger partial charge in [-0.05, 0) is 37.1 Å². The first kappa shape index (κ1) is 17.5. The largest absolute Gasteiger partial charge is 0.387 e. The maximum Gasteiger partial charge on any atom is 0.272 e. The number of nitrogens with zero attached hydrogens (tertiary/aromatic N) is 5. The Kier molecular flexibility index (Phi) is 4.57. The average Bonchev–Trinajstić information content (AvgIpc) is 3.37. The minimum absolute atomic E-state index is 0.0739. The molecule has 0 saturated carbocycles. The van der Waals surface area contributed by atoms with Crippen molar-refractivity contribution >= 4 is 5.91 Å². The standard InChI is InChI=1S/C19H24N6O2/c1-3-18(26)15-10-13-12-24(8-5-9-25(13)22-15)19(27)16-11-14(20-21-16)17-6-4-7-23(17)2/h4,6-7,10-11,18,26H,3,5,8-9,12H2,1-2H3,(H,20,21). The van der Waals surface area contributed by atoms with E-state index < -0.39 is 6.10 Å². The van der Waals surface area contributed by atoms with Gasteiger partial charge < -0.3 is 14.6 Å². The molecule has 3 aromatic heterocycles. The summed E-state index contributed by atoms with van der Waals surface area (Å²) in [5, 5.41) is 21.7. The molecule has 2 N–H and O–H groups in total. The van der Waals surface area contributed by atoms with Gasteiger partial charge in [0.2, 0.25) is 0 Å². The number of aromatic nitrogens is 5. The molecular formula is C19H24N6O2. The van der Waals surface area contributed by atoms with Crippen LogP contribution in [-0.2, 0) is 20.1 Å². The Hall–Kier alpha value is -2.87. The lowest BCUT2D eigenvalue weighted by Gasteiger charge is -2.18. The molecule has 0 aromatic carbocycles. The first-order chi connectivity index (χ1) is 13.1. The van der Waals surface area contributed by atoms with Crippen molar-refractivity contribution in [2.24, 2.45) is 7.05 Å². The Morgan fingerprint density at radius 2 is 2.22 bits per heavy atom. The molecule has 1 amide bonds. The number of aromatic amines is 1. The van der Waals surface area contributed by atoms with Gasteiger partial charge in [-0.1, -0.05) is 6.92 Å². The zero-order valence-electron chi connectivity index (χ0n) is 15.6. The Morgan fingerprint density at radius 1 is 1.37 bits per heavy atom. The Bertz CT molecular complexity index is 953. The number of hydrogen-bond acceptors (Lipinski definition) is 4. The van der Waals surface area contributed by atoms with Crippen molar-refractivity contribution in [2.45, 2.75) is 39.0 Å². The number of aliphatic hydroxyl groups excluding tert-OH is 1. The average molecular weight is 368 g/mol. The maximum atomic E-state index is 13.0. The zero-order valence-corrected chi connectivity index (χ0v) is 15.6. The van der Waals surface area contributed by atoms with Crippen LogP contribution in [-0.4, -0.2) is 47.0 Å². The van der Waals surface area contributed by atoms with E-state index in [1.807, 2.05) is 52.5 Å². The molecule has 27 heavy (non-hydrogen) atoms. The van der Waals surface area contributed by atoms with Crippen molar-refractivity contribution in [1.29, 1.82) is 0 Å². The van der Waals surface area contributed by atoms with Crippen molar-refractivity contribution in [2.75, 3.05) is 6.54 Å². The molecule has 0 radical (unpaired) electrons. The summed E-state index contributed by atoms with van der Waals surface area (Å²) < 4.78 is 3.87. The van der Waals surface area contributed by atoms with Gasteiger partial charge in [-0.25, -0.2) is 0 Å². The van der Waals surface area contributed by atoms with Crippen LogP contribution in [0.2, 0.25) is 0 Å². The van der Waals surface area contributed by atoms with Crippen LogP contribution < -0.4 is 0 Å². The molecule has 0 aliphatic carbocycles. The molecule has 1 atom stereocenters. The predicted octanol–water partition coefficient (Wildman–Crippen LogP) is 2.10. The SMILES string of the molecule is CCC(O)c1cc2n(n1)CCCN(C(=O)c1cc(-c3cccn3C)n[nH]1)C2. The number of amides is 1. The van der Waals surface area contributed by atoms with Crippen molar-refractivity contribution < 1.29 is 9.90 Å². The Balaban J connectivity index is 1.55. The summed E-state index contributed by atoms with van der Waals surface area (Å²) >= 11 is 0. The van der Waals surface area contributed by atoms with Crippen molar-refractivity contribution in [3.8, 4) is 11.4 Å². The number of aliphatic hydroxyl groups is 1. The smallest absolute Gasteiger partial charge is 0.272 e. The number of hydrogen-bond donors (Lipinski definition) is 2. The summed E-state index contributed by atoms with van der Waals surface area (Å²) in [7, 11) is 1.95. The van der Waals surface area contributed by atoms with Gasteiger partial charge >= 0.3 is 0 Å². The molecule has 0 saturated heterocycles. The number of fused-ring (bicyclic) bond motifs is 1. The van der Waals surface area contributed by atoms with E-state index in [0.717, 1.165) is 30.0 Å². The lowest BCUT2D eigenvalue weighted by atomic mass is 10.2. The van der Waals surface area contributed by atoms with Gasteiger partial charge in [0.25, 0.3) is 5.91 Å². The number of aryl methyl sites for hydroxylation is 2. The van der Waals surface area contributed by atoms with Crippen molar-refractivity contribution in [3.05, 3.63) is 47.5 Å². The Labute approximate surface area is 157 Å². The lowest BCUT2D eigenvalue weighted by Crippen LogP contribution is -2.31. The molecule has 4 rings (SSSR count). The lowest BCUT2D eigenvalue weighted by molar-refractivity contribution is 0.0739. The predicted molar refractivity (Wildman–Crippen MR) is 99.8 cm³/mol. The van der Waals surface area contributed by atoms with Crippen LogP contribution in [0.15, 0.2) is 30.5 Å². The fourth-order valence-electron chi connectivity index (χ4n) is 3.49. The second-order valence-corrected chi connectivity index (χ2v) is 6.96. The van der Waals surface area contributed by atoms with Gasteiger partial charge in [-0.3, -0.25) is 14.6 Å². The number of nitrogens with one attached hydrogen (secondary N) is 1. The van der Waals surface area contributed by atoms with E-state index in [2.05, 4.69) is 15.3 Å². The maximum absolute atomic E-state index is 13.0. The molecule has 8 nitrogen and oxygen atoms in total. The third kappa shape index (κ3) is 3.28. The van der Waals surface area contributed by atoms with Gasteiger partial charge in [0.1, 0.15) is 11.4 Å². The quantitative estimate of drug-likeness (QED) is 0.738. The first-order valence-corrected chi connectivity index (χ1v) is 9.28. The summed E-state index contributed by atoms with van der Waals surface area (Å²) in [5.41, 5.74) is 3.81. The van der Waals surface area contributed by atoms with Crippen LogP contribution >= 0.6 is 0 Å². The topological polar surface area (TPSA) is 92.0 Å². The molecular weight excluding hydrogens is 344 g/mol. The van der Waals surface area contributed by atoms with E-state index in [0.29, 0.717) is 30.9 Å². The molecule has 1 aliphatic rings. The monoisotopic (exact) mass is 368 g/mol.